The number of rotatable bonds is 5. The summed E-state index contributed by atoms with van der Waals surface area (Å²) in [6, 6.07) is 1.78. The van der Waals surface area contributed by atoms with Crippen LogP contribution in [0.2, 0.25) is 0 Å². The van der Waals surface area contributed by atoms with Crippen molar-refractivity contribution in [2.24, 2.45) is 5.73 Å². The van der Waals surface area contributed by atoms with Crippen LogP contribution in [0.3, 0.4) is 0 Å². The lowest BCUT2D eigenvalue weighted by Gasteiger charge is -2.07. The van der Waals surface area contributed by atoms with Crippen LogP contribution in [0.5, 0.6) is 0 Å². The van der Waals surface area contributed by atoms with E-state index in [4.69, 9.17) is 5.73 Å². The zero-order chi connectivity index (χ0) is 12.2. The Morgan fingerprint density at radius 1 is 1.31 bits per heavy atom. The summed E-state index contributed by atoms with van der Waals surface area (Å²) in [6.45, 7) is 3.91. The molecule has 16 heavy (non-hydrogen) atoms. The summed E-state index contributed by atoms with van der Waals surface area (Å²) in [5, 5.41) is 0. The summed E-state index contributed by atoms with van der Waals surface area (Å²) in [6.07, 6.45) is 0.417. The Morgan fingerprint density at radius 2 is 1.88 bits per heavy atom. The van der Waals surface area contributed by atoms with Gasteiger partial charge in [-0.3, -0.25) is 4.72 Å². The Labute approximate surface area is 95.3 Å². The van der Waals surface area contributed by atoms with E-state index < -0.39 is 10.0 Å². The zero-order valence-corrected chi connectivity index (χ0v) is 10.2. The number of anilines is 1. The van der Waals surface area contributed by atoms with Gasteiger partial charge in [-0.15, -0.1) is 0 Å². The Bertz CT molecular complexity index is 438. The van der Waals surface area contributed by atoms with E-state index in [2.05, 4.69) is 14.7 Å². The molecule has 0 spiro atoms. The minimum Gasteiger partial charge on any atom is -0.330 e. The van der Waals surface area contributed by atoms with Gasteiger partial charge in [0.2, 0.25) is 16.0 Å². The van der Waals surface area contributed by atoms with Gasteiger partial charge in [0, 0.05) is 11.4 Å². The van der Waals surface area contributed by atoms with Gasteiger partial charge in [0.1, 0.15) is 0 Å². The minimum absolute atomic E-state index is 0.0140. The second-order valence-corrected chi connectivity index (χ2v) is 5.38. The number of aromatic nitrogens is 2. The van der Waals surface area contributed by atoms with E-state index in [1.165, 1.54) is 0 Å². The molecule has 90 valence electrons. The second kappa shape index (κ2) is 5.22. The summed E-state index contributed by atoms with van der Waals surface area (Å²) in [5.41, 5.74) is 6.71. The maximum atomic E-state index is 11.5. The smallest absolute Gasteiger partial charge is 0.236 e. The van der Waals surface area contributed by atoms with Gasteiger partial charge >= 0.3 is 0 Å². The van der Waals surface area contributed by atoms with Gasteiger partial charge in [0.15, 0.2) is 0 Å². The molecule has 0 amide bonds. The molecule has 0 saturated heterocycles. The molecule has 0 radical (unpaired) electrons. The molecule has 0 atom stereocenters. The van der Waals surface area contributed by atoms with E-state index in [1.807, 2.05) is 0 Å². The third kappa shape index (κ3) is 4.11. The number of nitrogens with two attached hydrogens (primary N) is 1. The molecular weight excluding hydrogens is 228 g/mol. The van der Waals surface area contributed by atoms with Crippen LogP contribution in [-0.2, 0) is 10.0 Å². The molecule has 0 bridgehead atoms. The molecular formula is C9H16N4O2S. The summed E-state index contributed by atoms with van der Waals surface area (Å²) >= 11 is 0. The fraction of sp³-hybridized carbons (Fsp3) is 0.556. The van der Waals surface area contributed by atoms with Gasteiger partial charge in [-0.05, 0) is 32.9 Å². The lowest BCUT2D eigenvalue weighted by Crippen LogP contribution is -2.20. The fourth-order valence-electron chi connectivity index (χ4n) is 1.24. The van der Waals surface area contributed by atoms with Crippen LogP contribution in [0.25, 0.3) is 0 Å². The normalized spacial score (nSPS) is 11.4. The molecule has 1 aromatic heterocycles. The monoisotopic (exact) mass is 244 g/mol. The molecule has 1 aromatic rings. The second-order valence-electron chi connectivity index (χ2n) is 3.54. The van der Waals surface area contributed by atoms with Crippen LogP contribution < -0.4 is 10.5 Å². The lowest BCUT2D eigenvalue weighted by atomic mass is 10.4. The highest BCUT2D eigenvalue weighted by Gasteiger charge is 2.11. The number of nitrogens with one attached hydrogen (secondary N) is 1. The van der Waals surface area contributed by atoms with Gasteiger partial charge in [0.05, 0.1) is 5.75 Å². The predicted molar refractivity (Wildman–Crippen MR) is 62.6 cm³/mol. The summed E-state index contributed by atoms with van der Waals surface area (Å²) in [7, 11) is -3.39. The van der Waals surface area contributed by atoms with Crippen molar-refractivity contribution < 1.29 is 8.42 Å². The van der Waals surface area contributed by atoms with Gasteiger partial charge in [-0.2, -0.15) is 0 Å². The van der Waals surface area contributed by atoms with Crippen molar-refractivity contribution in [3.8, 4) is 0 Å². The first-order valence-electron chi connectivity index (χ1n) is 4.96. The molecule has 0 aliphatic heterocycles. The SMILES string of the molecule is Cc1cc(C)nc(NS(=O)(=O)CCCN)n1. The first-order valence-corrected chi connectivity index (χ1v) is 6.61. The van der Waals surface area contributed by atoms with Crippen molar-refractivity contribution >= 4 is 16.0 Å². The first-order chi connectivity index (χ1) is 7.43. The van der Waals surface area contributed by atoms with Crippen molar-refractivity contribution in [2.75, 3.05) is 17.0 Å². The number of sulfonamides is 1. The topological polar surface area (TPSA) is 98.0 Å². The van der Waals surface area contributed by atoms with Crippen LogP contribution >= 0.6 is 0 Å². The van der Waals surface area contributed by atoms with Crippen molar-refractivity contribution in [3.05, 3.63) is 17.5 Å². The molecule has 3 N–H and O–H groups in total. The summed E-state index contributed by atoms with van der Waals surface area (Å²) in [5.74, 6) is 0.106. The largest absolute Gasteiger partial charge is 0.330 e. The van der Waals surface area contributed by atoms with E-state index in [0.29, 0.717) is 13.0 Å². The summed E-state index contributed by atoms with van der Waals surface area (Å²) in [4.78, 5) is 7.99. The van der Waals surface area contributed by atoms with Gasteiger partial charge in [-0.25, -0.2) is 18.4 Å². The molecule has 0 aliphatic carbocycles. The van der Waals surface area contributed by atoms with Crippen molar-refractivity contribution in [2.45, 2.75) is 20.3 Å². The maximum Gasteiger partial charge on any atom is 0.236 e. The standard InChI is InChI=1S/C9H16N4O2S/c1-7-6-8(2)12-9(11-7)13-16(14,15)5-3-4-10/h6H,3-5,10H2,1-2H3,(H,11,12,13). The van der Waals surface area contributed by atoms with Crippen LogP contribution in [-0.4, -0.2) is 30.7 Å². The third-order valence-corrected chi connectivity index (χ3v) is 3.17. The Hall–Kier alpha value is -1.21. The van der Waals surface area contributed by atoms with Crippen LogP contribution in [0.1, 0.15) is 17.8 Å². The van der Waals surface area contributed by atoms with E-state index in [0.717, 1.165) is 11.4 Å². The highest BCUT2D eigenvalue weighted by molar-refractivity contribution is 7.92. The predicted octanol–water partition coefficient (Wildman–Crippen LogP) is 0.184. The number of hydrogen-bond donors (Lipinski definition) is 2. The van der Waals surface area contributed by atoms with Gasteiger partial charge in [0.25, 0.3) is 0 Å². The van der Waals surface area contributed by atoms with Crippen LogP contribution in [0, 0.1) is 13.8 Å². The number of nitrogens with zero attached hydrogens (tertiary/aromatic N) is 2. The maximum absolute atomic E-state index is 11.5. The van der Waals surface area contributed by atoms with E-state index in [-0.39, 0.29) is 11.7 Å². The van der Waals surface area contributed by atoms with Gasteiger partial charge in [-0.1, -0.05) is 0 Å². The highest BCUT2D eigenvalue weighted by Crippen LogP contribution is 2.06. The number of aryl methyl sites for hydroxylation is 2. The first kappa shape index (κ1) is 12.9. The Morgan fingerprint density at radius 3 is 2.38 bits per heavy atom. The minimum atomic E-state index is -3.39. The third-order valence-electron chi connectivity index (χ3n) is 1.85. The van der Waals surface area contributed by atoms with Crippen molar-refractivity contribution in [3.63, 3.8) is 0 Å². The Kier molecular flexibility index (Phi) is 4.19. The van der Waals surface area contributed by atoms with E-state index in [9.17, 15) is 8.42 Å². The molecule has 0 aliphatic rings. The quantitative estimate of drug-likeness (QED) is 0.770. The summed E-state index contributed by atoms with van der Waals surface area (Å²) < 4.78 is 25.4. The lowest BCUT2D eigenvalue weighted by molar-refractivity contribution is 0.598. The van der Waals surface area contributed by atoms with Crippen molar-refractivity contribution in [1.82, 2.24) is 9.97 Å². The molecule has 0 fully saturated rings. The average molecular weight is 244 g/mol. The Balaban J connectivity index is 2.80. The van der Waals surface area contributed by atoms with Crippen LogP contribution in [0.15, 0.2) is 6.07 Å². The van der Waals surface area contributed by atoms with Crippen LogP contribution in [0.4, 0.5) is 5.95 Å². The molecule has 1 heterocycles. The molecule has 6 nitrogen and oxygen atoms in total. The average Bonchev–Trinajstić information content (AvgIpc) is 2.12. The zero-order valence-electron chi connectivity index (χ0n) is 9.40. The fourth-order valence-corrected chi connectivity index (χ4v) is 2.25. The molecule has 0 saturated carbocycles. The molecule has 7 heteroatoms. The number of hydrogen-bond acceptors (Lipinski definition) is 5. The van der Waals surface area contributed by atoms with Crippen molar-refractivity contribution in [1.29, 1.82) is 0 Å². The van der Waals surface area contributed by atoms with E-state index in [1.54, 1.807) is 19.9 Å². The molecule has 0 aromatic carbocycles. The van der Waals surface area contributed by atoms with E-state index >= 15 is 0 Å². The molecule has 1 rings (SSSR count). The highest BCUT2D eigenvalue weighted by atomic mass is 32.2. The van der Waals surface area contributed by atoms with Gasteiger partial charge < -0.3 is 5.73 Å². The molecule has 0 unspecified atom stereocenters.